The lowest BCUT2D eigenvalue weighted by atomic mass is 9.91. The van der Waals surface area contributed by atoms with Gasteiger partial charge in [0.25, 0.3) is 11.6 Å². The standard InChI is InChI=1S/C17H20N4O3S.ClH/c1-11(18)12-5-7-20(8-6-12)17(22)15-10-25-16(19-15)13-3-2-4-14(9-13)21(23)24;/h2-4,9-12H,5-8,18H2,1H3;1H. The van der Waals surface area contributed by atoms with Gasteiger partial charge in [0.15, 0.2) is 0 Å². The maximum Gasteiger partial charge on any atom is 0.273 e. The van der Waals surface area contributed by atoms with E-state index in [4.69, 9.17) is 5.73 Å². The van der Waals surface area contributed by atoms with Gasteiger partial charge in [0.05, 0.1) is 4.92 Å². The number of nitro benzene ring substituents is 1. The first-order valence-electron chi connectivity index (χ1n) is 8.21. The van der Waals surface area contributed by atoms with Crippen LogP contribution in [0, 0.1) is 16.0 Å². The molecule has 0 radical (unpaired) electrons. The fraction of sp³-hybridized carbons (Fsp3) is 0.412. The first-order valence-corrected chi connectivity index (χ1v) is 9.09. The van der Waals surface area contributed by atoms with Gasteiger partial charge in [-0.1, -0.05) is 12.1 Å². The Labute approximate surface area is 161 Å². The Bertz CT molecular complexity index is 788. The Morgan fingerprint density at radius 1 is 1.42 bits per heavy atom. The molecule has 1 fully saturated rings. The van der Waals surface area contributed by atoms with E-state index >= 15 is 0 Å². The monoisotopic (exact) mass is 396 g/mol. The van der Waals surface area contributed by atoms with Crippen molar-refractivity contribution < 1.29 is 9.72 Å². The lowest BCUT2D eigenvalue weighted by molar-refractivity contribution is -0.384. The number of likely N-dealkylation sites (tertiary alicyclic amines) is 1. The van der Waals surface area contributed by atoms with Crippen LogP contribution < -0.4 is 5.73 Å². The van der Waals surface area contributed by atoms with Crippen LogP contribution >= 0.6 is 23.7 Å². The average molecular weight is 397 g/mol. The van der Waals surface area contributed by atoms with Crippen molar-refractivity contribution in [3.8, 4) is 10.6 Å². The molecule has 9 heteroatoms. The second-order valence-corrected chi connectivity index (χ2v) is 7.19. The Hall–Kier alpha value is -2.03. The number of nitrogens with zero attached hydrogens (tertiary/aromatic N) is 3. The van der Waals surface area contributed by atoms with E-state index in [0.717, 1.165) is 12.8 Å². The number of non-ortho nitro benzene ring substituents is 1. The number of carbonyl (C=O) groups excluding carboxylic acids is 1. The molecule has 0 saturated carbocycles. The minimum atomic E-state index is -0.439. The van der Waals surface area contributed by atoms with Crippen LogP contribution in [0.25, 0.3) is 10.6 Å². The van der Waals surface area contributed by atoms with E-state index in [9.17, 15) is 14.9 Å². The summed E-state index contributed by atoms with van der Waals surface area (Å²) in [5.41, 5.74) is 6.99. The zero-order valence-electron chi connectivity index (χ0n) is 14.3. The number of rotatable bonds is 4. The molecule has 3 rings (SSSR count). The molecule has 1 aromatic heterocycles. The van der Waals surface area contributed by atoms with Gasteiger partial charge in [0, 0.05) is 42.2 Å². The van der Waals surface area contributed by atoms with E-state index in [-0.39, 0.29) is 30.0 Å². The van der Waals surface area contributed by atoms with Gasteiger partial charge in [-0.3, -0.25) is 14.9 Å². The Morgan fingerprint density at radius 3 is 2.73 bits per heavy atom. The molecule has 0 bridgehead atoms. The summed E-state index contributed by atoms with van der Waals surface area (Å²) in [6.07, 6.45) is 1.82. The number of nitro groups is 1. The molecule has 1 amide bonds. The maximum absolute atomic E-state index is 12.6. The number of hydrogen-bond donors (Lipinski definition) is 1. The van der Waals surface area contributed by atoms with Crippen molar-refractivity contribution in [1.29, 1.82) is 0 Å². The molecule has 1 aromatic carbocycles. The van der Waals surface area contributed by atoms with Gasteiger partial charge in [-0.05, 0) is 25.7 Å². The fourth-order valence-corrected chi connectivity index (χ4v) is 3.84. The van der Waals surface area contributed by atoms with Gasteiger partial charge in [0.1, 0.15) is 10.7 Å². The third kappa shape index (κ3) is 4.38. The van der Waals surface area contributed by atoms with Crippen molar-refractivity contribution in [2.45, 2.75) is 25.8 Å². The van der Waals surface area contributed by atoms with Crippen molar-refractivity contribution in [1.82, 2.24) is 9.88 Å². The summed E-state index contributed by atoms with van der Waals surface area (Å²) in [5, 5.41) is 13.2. The number of amides is 1. The first kappa shape index (κ1) is 20.3. The summed E-state index contributed by atoms with van der Waals surface area (Å²) in [4.78, 5) is 29.3. The normalized spacial score (nSPS) is 16.0. The van der Waals surface area contributed by atoms with Gasteiger partial charge < -0.3 is 10.6 Å². The van der Waals surface area contributed by atoms with Crippen LogP contribution in [0.1, 0.15) is 30.3 Å². The lowest BCUT2D eigenvalue weighted by Gasteiger charge is -2.33. The lowest BCUT2D eigenvalue weighted by Crippen LogP contribution is -2.42. The maximum atomic E-state index is 12.6. The van der Waals surface area contributed by atoms with E-state index in [1.54, 1.807) is 17.5 Å². The molecule has 26 heavy (non-hydrogen) atoms. The van der Waals surface area contributed by atoms with E-state index in [2.05, 4.69) is 4.98 Å². The number of aromatic nitrogens is 1. The SMILES string of the molecule is CC(N)C1CCN(C(=O)c2csc(-c3cccc([N+](=O)[O-])c3)n2)CC1.Cl. The smallest absolute Gasteiger partial charge is 0.273 e. The summed E-state index contributed by atoms with van der Waals surface area (Å²) >= 11 is 1.32. The summed E-state index contributed by atoms with van der Waals surface area (Å²) in [7, 11) is 0. The predicted molar refractivity (Wildman–Crippen MR) is 104 cm³/mol. The minimum Gasteiger partial charge on any atom is -0.337 e. The van der Waals surface area contributed by atoms with Crippen LogP contribution in [0.15, 0.2) is 29.6 Å². The van der Waals surface area contributed by atoms with E-state index < -0.39 is 4.92 Å². The number of nitrogens with two attached hydrogens (primary N) is 1. The van der Waals surface area contributed by atoms with E-state index in [1.807, 2.05) is 11.8 Å². The zero-order valence-corrected chi connectivity index (χ0v) is 16.0. The quantitative estimate of drug-likeness (QED) is 0.630. The molecule has 1 saturated heterocycles. The molecule has 1 unspecified atom stereocenters. The van der Waals surface area contributed by atoms with Crippen molar-refractivity contribution >= 4 is 35.3 Å². The zero-order chi connectivity index (χ0) is 18.0. The third-order valence-electron chi connectivity index (χ3n) is 4.60. The highest BCUT2D eigenvalue weighted by atomic mass is 35.5. The Morgan fingerprint density at radius 2 is 2.12 bits per heavy atom. The number of carbonyl (C=O) groups is 1. The van der Waals surface area contributed by atoms with Gasteiger partial charge in [-0.25, -0.2) is 4.98 Å². The molecule has 140 valence electrons. The van der Waals surface area contributed by atoms with Gasteiger partial charge in [0.2, 0.25) is 0 Å². The van der Waals surface area contributed by atoms with Gasteiger partial charge in [-0.2, -0.15) is 0 Å². The van der Waals surface area contributed by atoms with Crippen LogP contribution in [-0.4, -0.2) is 39.8 Å². The minimum absolute atomic E-state index is 0. The molecule has 1 aliphatic rings. The van der Waals surface area contributed by atoms with Gasteiger partial charge >= 0.3 is 0 Å². The fourth-order valence-electron chi connectivity index (χ4n) is 3.05. The van der Waals surface area contributed by atoms with Gasteiger partial charge in [-0.15, -0.1) is 23.7 Å². The number of hydrogen-bond acceptors (Lipinski definition) is 6. The molecule has 2 aromatic rings. The second-order valence-electron chi connectivity index (χ2n) is 6.33. The van der Waals surface area contributed by atoms with Crippen LogP contribution in [0.3, 0.4) is 0 Å². The molecule has 0 aliphatic carbocycles. The number of piperidine rings is 1. The average Bonchev–Trinajstić information content (AvgIpc) is 3.11. The van der Waals surface area contributed by atoms with E-state index in [0.29, 0.717) is 35.3 Å². The molecular formula is C17H21ClN4O3S. The highest BCUT2D eigenvalue weighted by Gasteiger charge is 2.26. The molecule has 1 aliphatic heterocycles. The second kappa shape index (κ2) is 8.57. The molecule has 1 atom stereocenters. The molecule has 2 heterocycles. The first-order chi connectivity index (χ1) is 12.0. The highest BCUT2D eigenvalue weighted by molar-refractivity contribution is 7.13. The summed E-state index contributed by atoms with van der Waals surface area (Å²) in [6, 6.07) is 6.44. The van der Waals surface area contributed by atoms with Crippen LogP contribution in [-0.2, 0) is 0 Å². The van der Waals surface area contributed by atoms with Crippen LogP contribution in [0.5, 0.6) is 0 Å². The highest BCUT2D eigenvalue weighted by Crippen LogP contribution is 2.28. The van der Waals surface area contributed by atoms with Crippen molar-refractivity contribution in [2.24, 2.45) is 11.7 Å². The van der Waals surface area contributed by atoms with Crippen molar-refractivity contribution in [3.63, 3.8) is 0 Å². The number of thiazole rings is 1. The molecule has 0 spiro atoms. The molecule has 7 nitrogen and oxygen atoms in total. The topological polar surface area (TPSA) is 102 Å². The summed E-state index contributed by atoms with van der Waals surface area (Å²) in [5.74, 6) is 0.371. The van der Waals surface area contributed by atoms with Crippen LogP contribution in [0.4, 0.5) is 5.69 Å². The Kier molecular flexibility index (Phi) is 6.69. The van der Waals surface area contributed by atoms with Crippen LogP contribution in [0.2, 0.25) is 0 Å². The van der Waals surface area contributed by atoms with Crippen molar-refractivity contribution in [3.05, 3.63) is 45.5 Å². The molecule has 2 N–H and O–H groups in total. The number of halogens is 1. The van der Waals surface area contributed by atoms with Crippen molar-refractivity contribution in [2.75, 3.05) is 13.1 Å². The van der Waals surface area contributed by atoms with E-state index in [1.165, 1.54) is 23.5 Å². The largest absolute Gasteiger partial charge is 0.337 e. The number of benzene rings is 1. The molecular weight excluding hydrogens is 376 g/mol. The predicted octanol–water partition coefficient (Wildman–Crippen LogP) is 3.34. The summed E-state index contributed by atoms with van der Waals surface area (Å²) in [6.45, 7) is 3.39. The Balaban J connectivity index is 0.00000243. The summed E-state index contributed by atoms with van der Waals surface area (Å²) < 4.78 is 0. The third-order valence-corrected chi connectivity index (χ3v) is 5.49.